The second kappa shape index (κ2) is 3.58. The van der Waals surface area contributed by atoms with Gasteiger partial charge in [-0.05, 0) is 0 Å². The van der Waals surface area contributed by atoms with Crippen LogP contribution >= 0.6 is 0 Å². The fourth-order valence-electron chi connectivity index (χ4n) is 1.96. The summed E-state index contributed by atoms with van der Waals surface area (Å²) in [5, 5.41) is 28.2. The summed E-state index contributed by atoms with van der Waals surface area (Å²) >= 11 is 0. The van der Waals surface area contributed by atoms with Gasteiger partial charge in [0.25, 0.3) is 0 Å². The average Bonchev–Trinajstić information content (AvgIpc) is 2.46. The zero-order chi connectivity index (χ0) is 12.0. The van der Waals surface area contributed by atoms with Gasteiger partial charge in [-0.3, -0.25) is 0 Å². The molecular formula is C8H13N3O5. The smallest absolute Gasteiger partial charge is 0.347 e. The van der Waals surface area contributed by atoms with Crippen molar-refractivity contribution in [2.45, 2.75) is 24.8 Å². The highest BCUT2D eigenvalue weighted by molar-refractivity contribution is 4.89. The third-order valence-electron chi connectivity index (χ3n) is 2.90. The van der Waals surface area contributed by atoms with Gasteiger partial charge < -0.3 is 15.3 Å². The zero-order valence-electron chi connectivity index (χ0n) is 8.65. The number of aromatic nitrogens is 3. The van der Waals surface area contributed by atoms with Crippen LogP contribution in [0.5, 0.6) is 0 Å². The molecule has 2 rings (SSSR count). The minimum atomic E-state index is -1.26. The molecule has 16 heavy (non-hydrogen) atoms. The summed E-state index contributed by atoms with van der Waals surface area (Å²) < 4.78 is 2.88. The van der Waals surface area contributed by atoms with Crippen LogP contribution in [0.1, 0.15) is 6.04 Å². The highest BCUT2D eigenvalue weighted by Gasteiger charge is 2.37. The molecule has 0 aliphatic carbocycles. The monoisotopic (exact) mass is 231 g/mol. The topological polar surface area (TPSA) is 110 Å². The van der Waals surface area contributed by atoms with Crippen molar-refractivity contribution in [3.63, 3.8) is 0 Å². The Hall–Kier alpha value is -1.38. The first-order valence-corrected chi connectivity index (χ1v) is 4.84. The Morgan fingerprint density at radius 3 is 2.50 bits per heavy atom. The van der Waals surface area contributed by atoms with E-state index in [2.05, 4.69) is 0 Å². The molecule has 0 saturated carbocycles. The number of rotatable bonds is 1. The molecular weight excluding hydrogens is 218 g/mol. The van der Waals surface area contributed by atoms with Crippen LogP contribution in [0.15, 0.2) is 9.59 Å². The second-order valence-corrected chi connectivity index (χ2v) is 3.86. The van der Waals surface area contributed by atoms with Gasteiger partial charge in [0.15, 0.2) is 0 Å². The molecule has 0 unspecified atom stereocenters. The molecule has 8 heteroatoms. The molecule has 0 bridgehead atoms. The summed E-state index contributed by atoms with van der Waals surface area (Å²) in [6.45, 7) is -0.686. The molecule has 0 saturated heterocycles. The predicted octanol–water partition coefficient (Wildman–Crippen LogP) is -3.38. The first-order valence-electron chi connectivity index (χ1n) is 4.84. The molecule has 1 aliphatic heterocycles. The predicted molar refractivity (Wildman–Crippen MR) is 52.1 cm³/mol. The number of aliphatic hydroxyl groups is 3. The second-order valence-electron chi connectivity index (χ2n) is 3.86. The van der Waals surface area contributed by atoms with Crippen molar-refractivity contribution in [3.05, 3.63) is 21.0 Å². The molecule has 0 spiro atoms. The van der Waals surface area contributed by atoms with Gasteiger partial charge >= 0.3 is 11.4 Å². The maximum atomic E-state index is 11.7. The summed E-state index contributed by atoms with van der Waals surface area (Å²) in [6.07, 6.45) is -2.43. The largest absolute Gasteiger partial charge is 0.394 e. The van der Waals surface area contributed by atoms with E-state index in [1.807, 2.05) is 0 Å². The molecule has 3 atom stereocenters. The number of hydrogen-bond acceptors (Lipinski definition) is 5. The quantitative estimate of drug-likeness (QED) is 0.467. The van der Waals surface area contributed by atoms with Crippen molar-refractivity contribution < 1.29 is 15.3 Å². The van der Waals surface area contributed by atoms with Gasteiger partial charge in [-0.25, -0.2) is 23.5 Å². The van der Waals surface area contributed by atoms with Gasteiger partial charge in [0.2, 0.25) is 0 Å². The van der Waals surface area contributed by atoms with Crippen LogP contribution in [0, 0.1) is 0 Å². The van der Waals surface area contributed by atoms with Gasteiger partial charge in [0, 0.05) is 7.05 Å². The van der Waals surface area contributed by atoms with Crippen molar-refractivity contribution in [3.8, 4) is 0 Å². The number of nitrogens with zero attached hydrogens (tertiary/aromatic N) is 3. The number of hydrogen-bond donors (Lipinski definition) is 3. The highest BCUT2D eigenvalue weighted by atomic mass is 16.3. The lowest BCUT2D eigenvalue weighted by Gasteiger charge is -2.32. The molecule has 0 radical (unpaired) electrons. The molecule has 0 aromatic carbocycles. The van der Waals surface area contributed by atoms with Crippen LogP contribution in [-0.4, -0.2) is 48.1 Å². The summed E-state index contributed by atoms with van der Waals surface area (Å²) in [5.41, 5.74) is -1.19. The van der Waals surface area contributed by atoms with E-state index in [9.17, 15) is 19.8 Å². The average molecular weight is 231 g/mol. The molecule has 8 nitrogen and oxygen atoms in total. The van der Waals surface area contributed by atoms with E-state index in [0.717, 1.165) is 13.9 Å². The van der Waals surface area contributed by atoms with E-state index in [1.165, 1.54) is 7.05 Å². The van der Waals surface area contributed by atoms with E-state index >= 15 is 0 Å². The van der Waals surface area contributed by atoms with E-state index in [-0.39, 0.29) is 6.54 Å². The molecule has 0 fully saturated rings. The van der Waals surface area contributed by atoms with Gasteiger partial charge in [-0.2, -0.15) is 0 Å². The Bertz CT molecular complexity index is 513. The minimum Gasteiger partial charge on any atom is -0.394 e. The molecule has 1 aliphatic rings. The van der Waals surface area contributed by atoms with Crippen molar-refractivity contribution in [2.24, 2.45) is 7.05 Å². The SMILES string of the molecule is Cn1c(=O)n2n(c1=O)[C@@H](CO)[C@H](O)[C@@H](O)C2. The third-order valence-corrected chi connectivity index (χ3v) is 2.90. The molecule has 90 valence electrons. The van der Waals surface area contributed by atoms with Crippen LogP contribution in [0.4, 0.5) is 0 Å². The van der Waals surface area contributed by atoms with E-state index in [0.29, 0.717) is 0 Å². The van der Waals surface area contributed by atoms with Crippen molar-refractivity contribution in [2.75, 3.05) is 6.61 Å². The molecule has 3 N–H and O–H groups in total. The summed E-state index contributed by atoms with van der Waals surface area (Å²) in [7, 11) is 1.30. The third kappa shape index (κ3) is 1.27. The highest BCUT2D eigenvalue weighted by Crippen LogP contribution is 2.17. The van der Waals surface area contributed by atoms with Crippen molar-refractivity contribution in [1.29, 1.82) is 0 Å². The van der Waals surface area contributed by atoms with Gasteiger partial charge in [0.1, 0.15) is 18.2 Å². The summed E-state index contributed by atoms with van der Waals surface area (Å²) in [4.78, 5) is 23.2. The first kappa shape index (κ1) is 11.1. The van der Waals surface area contributed by atoms with E-state index in [1.54, 1.807) is 0 Å². The maximum absolute atomic E-state index is 11.7. The van der Waals surface area contributed by atoms with Crippen molar-refractivity contribution in [1.82, 2.24) is 13.9 Å². The first-order chi connectivity index (χ1) is 7.49. The van der Waals surface area contributed by atoms with E-state index in [4.69, 9.17) is 5.11 Å². The minimum absolute atomic E-state index is 0.160. The number of fused-ring (bicyclic) bond motifs is 1. The standard InChI is InChI=1S/C8H13N3O5/c1-9-7(15)10-2-5(13)6(14)4(3-12)11(10)8(9)16/h4-6,12-14H,2-3H2,1H3/t4-,5-,6-/m0/s1. The Balaban J connectivity index is 2.70. The fourth-order valence-corrected chi connectivity index (χ4v) is 1.96. The lowest BCUT2D eigenvalue weighted by molar-refractivity contribution is -0.0692. The Kier molecular flexibility index (Phi) is 2.49. The van der Waals surface area contributed by atoms with E-state index < -0.39 is 36.2 Å². The van der Waals surface area contributed by atoms with Gasteiger partial charge in [-0.1, -0.05) is 0 Å². The zero-order valence-corrected chi connectivity index (χ0v) is 8.65. The molecule has 1 aromatic heterocycles. The normalized spacial score (nSPS) is 29.1. The van der Waals surface area contributed by atoms with Crippen LogP contribution in [0.25, 0.3) is 0 Å². The van der Waals surface area contributed by atoms with Crippen molar-refractivity contribution >= 4 is 0 Å². The molecule has 2 heterocycles. The summed E-state index contributed by atoms with van der Waals surface area (Å²) in [5.74, 6) is 0. The van der Waals surface area contributed by atoms with Crippen LogP contribution in [0.3, 0.4) is 0 Å². The fraction of sp³-hybridized carbons (Fsp3) is 0.750. The van der Waals surface area contributed by atoms with Crippen LogP contribution in [-0.2, 0) is 13.6 Å². The van der Waals surface area contributed by atoms with Crippen LogP contribution in [0.2, 0.25) is 0 Å². The van der Waals surface area contributed by atoms with Gasteiger partial charge in [0.05, 0.1) is 13.2 Å². The summed E-state index contributed by atoms with van der Waals surface area (Å²) in [6, 6.07) is -0.995. The maximum Gasteiger partial charge on any atom is 0.347 e. The van der Waals surface area contributed by atoms with Crippen LogP contribution < -0.4 is 11.4 Å². The number of aliphatic hydroxyl groups excluding tert-OH is 3. The molecule has 1 aromatic rings. The van der Waals surface area contributed by atoms with Gasteiger partial charge in [-0.15, -0.1) is 0 Å². The Morgan fingerprint density at radius 1 is 1.31 bits per heavy atom. The Labute approximate surface area is 89.6 Å². The molecule has 0 amide bonds. The lowest BCUT2D eigenvalue weighted by atomic mass is 10.0. The Morgan fingerprint density at radius 2 is 1.94 bits per heavy atom. The lowest BCUT2D eigenvalue weighted by Crippen LogP contribution is -2.51.